The number of rotatable bonds is 6. The van der Waals surface area contributed by atoms with Crippen LogP contribution in [0.25, 0.3) is 0 Å². The van der Waals surface area contributed by atoms with E-state index in [9.17, 15) is 4.79 Å². The summed E-state index contributed by atoms with van der Waals surface area (Å²) in [5.74, 6) is 3.02. The lowest BCUT2D eigenvalue weighted by Crippen LogP contribution is -2.42. The molecule has 1 aromatic carbocycles. The third-order valence-corrected chi connectivity index (χ3v) is 4.97. The zero-order valence-corrected chi connectivity index (χ0v) is 14.5. The highest BCUT2D eigenvalue weighted by Crippen LogP contribution is 2.24. The fourth-order valence-corrected chi connectivity index (χ4v) is 3.43. The van der Waals surface area contributed by atoms with Crippen molar-refractivity contribution < 1.29 is 9.53 Å². The fourth-order valence-electron chi connectivity index (χ4n) is 2.10. The first-order valence-corrected chi connectivity index (χ1v) is 9.09. The Morgan fingerprint density at radius 3 is 3.10 bits per heavy atom. The Balaban J connectivity index is 1.69. The van der Waals surface area contributed by atoms with Crippen LogP contribution >= 0.6 is 27.7 Å². The van der Waals surface area contributed by atoms with Crippen LogP contribution in [0.4, 0.5) is 0 Å². The van der Waals surface area contributed by atoms with Crippen molar-refractivity contribution in [3.05, 3.63) is 28.7 Å². The normalized spacial score (nSPS) is 19.8. The van der Waals surface area contributed by atoms with Crippen LogP contribution in [0.1, 0.15) is 13.3 Å². The molecule has 1 aliphatic heterocycles. The number of hydrogen-bond donors (Lipinski definition) is 2. The number of halogens is 1. The molecule has 6 heteroatoms. The van der Waals surface area contributed by atoms with Gasteiger partial charge in [-0.25, -0.2) is 0 Å². The maximum atomic E-state index is 11.9. The van der Waals surface area contributed by atoms with Crippen LogP contribution in [0.5, 0.6) is 5.75 Å². The molecule has 0 saturated carbocycles. The number of carbonyl (C=O) groups excluding carboxylic acids is 1. The van der Waals surface area contributed by atoms with Crippen molar-refractivity contribution in [2.45, 2.75) is 25.5 Å². The largest absolute Gasteiger partial charge is 0.488 e. The number of nitrogens with one attached hydrogen (secondary N) is 2. The Hall–Kier alpha value is -0.720. The number of amides is 1. The second kappa shape index (κ2) is 8.66. The molecule has 116 valence electrons. The third-order valence-electron chi connectivity index (χ3n) is 3.18. The molecule has 0 bridgehead atoms. The van der Waals surface area contributed by atoms with Crippen LogP contribution in [0.15, 0.2) is 28.7 Å². The molecule has 1 aliphatic rings. The quantitative estimate of drug-likeness (QED) is 0.804. The molecular formula is C15H21BrN2O2S. The van der Waals surface area contributed by atoms with E-state index in [1.54, 1.807) is 0 Å². The molecule has 2 atom stereocenters. The maximum absolute atomic E-state index is 11.9. The van der Waals surface area contributed by atoms with Crippen molar-refractivity contribution in [3.8, 4) is 5.75 Å². The van der Waals surface area contributed by atoms with Crippen molar-refractivity contribution in [1.29, 1.82) is 0 Å². The number of para-hydroxylation sites is 1. The van der Waals surface area contributed by atoms with Gasteiger partial charge in [0.2, 0.25) is 5.91 Å². The van der Waals surface area contributed by atoms with E-state index in [1.165, 1.54) is 0 Å². The van der Waals surface area contributed by atoms with Gasteiger partial charge >= 0.3 is 0 Å². The maximum Gasteiger partial charge on any atom is 0.221 e. The molecule has 2 unspecified atom stereocenters. The van der Waals surface area contributed by atoms with E-state index in [2.05, 4.69) is 26.6 Å². The average Bonchev–Trinajstić information content (AvgIpc) is 2.49. The molecular weight excluding hydrogens is 352 g/mol. The van der Waals surface area contributed by atoms with Gasteiger partial charge in [0, 0.05) is 30.5 Å². The predicted molar refractivity (Wildman–Crippen MR) is 91.0 cm³/mol. The minimum absolute atomic E-state index is 0.0682. The molecule has 21 heavy (non-hydrogen) atoms. The molecule has 1 aromatic rings. The summed E-state index contributed by atoms with van der Waals surface area (Å²) < 4.78 is 6.73. The molecule has 0 radical (unpaired) electrons. The van der Waals surface area contributed by atoms with Crippen molar-refractivity contribution >= 4 is 33.6 Å². The van der Waals surface area contributed by atoms with Crippen LogP contribution in [0.3, 0.4) is 0 Å². The highest BCUT2D eigenvalue weighted by atomic mass is 79.9. The van der Waals surface area contributed by atoms with Crippen LogP contribution in [-0.2, 0) is 4.79 Å². The Bertz CT molecular complexity index is 467. The molecule has 0 aromatic heterocycles. The Kier molecular flexibility index (Phi) is 6.86. The molecule has 1 heterocycles. The van der Waals surface area contributed by atoms with Gasteiger partial charge in [0.1, 0.15) is 11.9 Å². The second-order valence-corrected chi connectivity index (χ2v) is 7.10. The van der Waals surface area contributed by atoms with Gasteiger partial charge in [-0.15, -0.1) is 0 Å². The summed E-state index contributed by atoms with van der Waals surface area (Å²) in [5.41, 5.74) is 0. The number of carbonyl (C=O) groups is 1. The molecule has 2 N–H and O–H groups in total. The topological polar surface area (TPSA) is 50.4 Å². The van der Waals surface area contributed by atoms with E-state index in [1.807, 2.05) is 43.0 Å². The van der Waals surface area contributed by atoms with Gasteiger partial charge in [0.05, 0.1) is 11.0 Å². The summed E-state index contributed by atoms with van der Waals surface area (Å²) >= 11 is 5.35. The summed E-state index contributed by atoms with van der Waals surface area (Å²) in [6.07, 6.45) is 0.468. The molecule has 0 aliphatic carbocycles. The van der Waals surface area contributed by atoms with Crippen molar-refractivity contribution in [2.75, 3.05) is 24.6 Å². The summed E-state index contributed by atoms with van der Waals surface area (Å²) in [4.78, 5) is 11.9. The minimum atomic E-state index is -0.0682. The first-order chi connectivity index (χ1) is 10.1. The summed E-state index contributed by atoms with van der Waals surface area (Å²) in [6, 6.07) is 8.01. The van der Waals surface area contributed by atoms with Gasteiger partial charge in [-0.3, -0.25) is 4.79 Å². The lowest BCUT2D eigenvalue weighted by atomic mass is 10.2. The minimum Gasteiger partial charge on any atom is -0.488 e. The van der Waals surface area contributed by atoms with Gasteiger partial charge in [-0.1, -0.05) is 12.1 Å². The predicted octanol–water partition coefficient (Wildman–Crippen LogP) is 2.43. The van der Waals surface area contributed by atoms with Gasteiger partial charge in [0.25, 0.3) is 0 Å². The smallest absolute Gasteiger partial charge is 0.221 e. The van der Waals surface area contributed by atoms with Gasteiger partial charge < -0.3 is 15.4 Å². The number of hydrogen-bond acceptors (Lipinski definition) is 4. The van der Waals surface area contributed by atoms with E-state index >= 15 is 0 Å². The standard InChI is InChI=1S/C15H21BrN2O2S/c1-11(20-14-5-3-2-4-13(14)16)9-18-15(19)8-12-10-21-7-6-17-12/h2-5,11-12,17H,6-10H2,1H3,(H,18,19). The third kappa shape index (κ3) is 5.88. The molecule has 1 amide bonds. The lowest BCUT2D eigenvalue weighted by molar-refractivity contribution is -0.121. The van der Waals surface area contributed by atoms with Crippen LogP contribution in [0, 0.1) is 0 Å². The van der Waals surface area contributed by atoms with E-state index in [4.69, 9.17) is 4.74 Å². The highest BCUT2D eigenvalue weighted by Gasteiger charge is 2.17. The zero-order valence-electron chi connectivity index (χ0n) is 12.1. The summed E-state index contributed by atoms with van der Waals surface area (Å²) in [6.45, 7) is 3.46. The Morgan fingerprint density at radius 1 is 1.57 bits per heavy atom. The molecule has 1 fully saturated rings. The van der Waals surface area contributed by atoms with Gasteiger partial charge in [-0.2, -0.15) is 11.8 Å². The van der Waals surface area contributed by atoms with Crippen LogP contribution < -0.4 is 15.4 Å². The number of ether oxygens (including phenoxy) is 1. The summed E-state index contributed by atoms with van der Waals surface area (Å²) in [7, 11) is 0. The SMILES string of the molecule is CC(CNC(=O)CC1CSCCN1)Oc1ccccc1Br. The first-order valence-electron chi connectivity index (χ1n) is 7.14. The fraction of sp³-hybridized carbons (Fsp3) is 0.533. The molecule has 1 saturated heterocycles. The zero-order chi connectivity index (χ0) is 15.1. The molecule has 2 rings (SSSR count). The van der Waals surface area contributed by atoms with Crippen LogP contribution in [0.2, 0.25) is 0 Å². The Morgan fingerprint density at radius 2 is 2.38 bits per heavy atom. The average molecular weight is 373 g/mol. The van der Waals surface area contributed by atoms with E-state index < -0.39 is 0 Å². The van der Waals surface area contributed by atoms with Crippen LogP contribution in [-0.4, -0.2) is 42.6 Å². The van der Waals surface area contributed by atoms with E-state index in [0.717, 1.165) is 28.3 Å². The van der Waals surface area contributed by atoms with Gasteiger partial charge in [0.15, 0.2) is 0 Å². The lowest BCUT2D eigenvalue weighted by Gasteiger charge is -2.23. The van der Waals surface area contributed by atoms with E-state index in [0.29, 0.717) is 19.0 Å². The summed E-state index contributed by atoms with van der Waals surface area (Å²) in [5, 5.41) is 6.31. The molecule has 4 nitrogen and oxygen atoms in total. The van der Waals surface area contributed by atoms with E-state index in [-0.39, 0.29) is 12.0 Å². The van der Waals surface area contributed by atoms with Crippen molar-refractivity contribution in [3.63, 3.8) is 0 Å². The van der Waals surface area contributed by atoms with Gasteiger partial charge in [-0.05, 0) is 35.0 Å². The van der Waals surface area contributed by atoms with Crippen molar-refractivity contribution in [2.24, 2.45) is 0 Å². The second-order valence-electron chi connectivity index (χ2n) is 5.09. The van der Waals surface area contributed by atoms with Crippen molar-refractivity contribution in [1.82, 2.24) is 10.6 Å². The monoisotopic (exact) mass is 372 g/mol. The Labute approximate surface area is 138 Å². The number of thioether (sulfide) groups is 1. The first kappa shape index (κ1) is 16.6. The highest BCUT2D eigenvalue weighted by molar-refractivity contribution is 9.10. The number of benzene rings is 1. The molecule has 0 spiro atoms.